The molecule has 0 radical (unpaired) electrons. The fourth-order valence-electron chi connectivity index (χ4n) is 1.82. The van der Waals surface area contributed by atoms with Crippen molar-refractivity contribution in [2.75, 3.05) is 32.5 Å². The van der Waals surface area contributed by atoms with Gasteiger partial charge in [0, 0.05) is 26.2 Å². The Morgan fingerprint density at radius 1 is 1.43 bits per heavy atom. The van der Waals surface area contributed by atoms with Crippen molar-refractivity contribution in [2.45, 2.75) is 19.9 Å². The third kappa shape index (κ3) is 4.42. The van der Waals surface area contributed by atoms with E-state index in [2.05, 4.69) is 29.4 Å². The van der Waals surface area contributed by atoms with Crippen LogP contribution in [-0.4, -0.2) is 49.0 Å². The number of carbonyl (C=O) groups is 1. The molecule has 0 heterocycles. The molecular weight excluding hydrogens is 272 g/mol. The first-order valence-electron chi connectivity index (χ1n) is 6.82. The molecule has 0 atom stereocenters. The van der Waals surface area contributed by atoms with Crippen LogP contribution in [0.15, 0.2) is 18.2 Å². The van der Waals surface area contributed by atoms with Gasteiger partial charge in [0.25, 0.3) is 5.91 Å². The third-order valence-corrected chi connectivity index (χ3v) is 3.36. The summed E-state index contributed by atoms with van der Waals surface area (Å²) in [4.78, 5) is 24.8. The van der Waals surface area contributed by atoms with Crippen LogP contribution >= 0.6 is 0 Å². The first-order chi connectivity index (χ1) is 9.88. The Hall–Kier alpha value is -2.15. The summed E-state index contributed by atoms with van der Waals surface area (Å²) in [6, 6.07) is 5.03. The highest BCUT2D eigenvalue weighted by Crippen LogP contribution is 2.27. The van der Waals surface area contributed by atoms with Crippen LogP contribution in [0.2, 0.25) is 0 Å². The highest BCUT2D eigenvalue weighted by molar-refractivity contribution is 6.00. The van der Waals surface area contributed by atoms with Crippen LogP contribution < -0.4 is 10.6 Å². The molecule has 0 aliphatic rings. The summed E-state index contributed by atoms with van der Waals surface area (Å²) in [5.41, 5.74) is 0.195. The summed E-state index contributed by atoms with van der Waals surface area (Å²) in [5, 5.41) is 16.6. The average Bonchev–Trinajstić information content (AvgIpc) is 2.45. The van der Waals surface area contributed by atoms with Crippen LogP contribution in [0.4, 0.5) is 11.4 Å². The number of carbonyl (C=O) groups excluding carboxylic acids is 1. The highest BCUT2D eigenvalue weighted by atomic mass is 16.6. The molecule has 0 bridgehead atoms. The maximum absolute atomic E-state index is 12.1. The second-order valence-corrected chi connectivity index (χ2v) is 5.04. The highest BCUT2D eigenvalue weighted by Gasteiger charge is 2.23. The molecule has 0 aromatic heterocycles. The summed E-state index contributed by atoms with van der Waals surface area (Å²) in [6.45, 7) is 5.24. The van der Waals surface area contributed by atoms with Crippen LogP contribution in [0, 0.1) is 10.1 Å². The fraction of sp³-hybridized carbons (Fsp3) is 0.500. The number of amides is 1. The number of rotatable bonds is 7. The molecule has 7 heteroatoms. The van der Waals surface area contributed by atoms with Gasteiger partial charge in [-0.3, -0.25) is 14.9 Å². The lowest BCUT2D eigenvalue weighted by molar-refractivity contribution is -0.384. The van der Waals surface area contributed by atoms with Gasteiger partial charge in [0.05, 0.1) is 4.92 Å². The van der Waals surface area contributed by atoms with Gasteiger partial charge >= 0.3 is 5.69 Å². The molecule has 0 saturated carbocycles. The first kappa shape index (κ1) is 16.9. The Balaban J connectivity index is 2.81. The van der Waals surface area contributed by atoms with Crippen LogP contribution in [0.3, 0.4) is 0 Å². The van der Waals surface area contributed by atoms with Crippen LogP contribution in [0.25, 0.3) is 0 Å². The number of para-hydroxylation sites is 1. The van der Waals surface area contributed by atoms with Gasteiger partial charge in [-0.1, -0.05) is 6.07 Å². The van der Waals surface area contributed by atoms with Gasteiger partial charge in [-0.05, 0) is 33.0 Å². The second kappa shape index (κ2) is 7.58. The predicted molar refractivity (Wildman–Crippen MR) is 82.7 cm³/mol. The molecule has 0 aliphatic carbocycles. The lowest BCUT2D eigenvalue weighted by Gasteiger charge is -2.20. The molecule has 1 aromatic carbocycles. The Kier molecular flexibility index (Phi) is 6.10. The molecule has 0 saturated heterocycles. The van der Waals surface area contributed by atoms with Crippen molar-refractivity contribution >= 4 is 17.3 Å². The molecule has 0 spiro atoms. The van der Waals surface area contributed by atoms with E-state index in [1.165, 1.54) is 6.07 Å². The summed E-state index contributed by atoms with van der Waals surface area (Å²) < 4.78 is 0. The quantitative estimate of drug-likeness (QED) is 0.590. The Morgan fingerprint density at radius 3 is 2.62 bits per heavy atom. The summed E-state index contributed by atoms with van der Waals surface area (Å²) in [6.07, 6.45) is 0. The molecule has 1 amide bonds. The van der Waals surface area contributed by atoms with E-state index in [1.54, 1.807) is 19.2 Å². The monoisotopic (exact) mass is 294 g/mol. The minimum Gasteiger partial charge on any atom is -0.383 e. The van der Waals surface area contributed by atoms with Crippen LogP contribution in [0.1, 0.15) is 24.2 Å². The smallest absolute Gasteiger partial charge is 0.305 e. The topological polar surface area (TPSA) is 87.5 Å². The molecule has 116 valence electrons. The van der Waals surface area contributed by atoms with E-state index in [-0.39, 0.29) is 11.3 Å². The molecule has 0 fully saturated rings. The number of nitro groups is 1. The fourth-order valence-corrected chi connectivity index (χ4v) is 1.82. The van der Waals surface area contributed by atoms with E-state index < -0.39 is 10.8 Å². The normalized spacial score (nSPS) is 10.8. The zero-order valence-electron chi connectivity index (χ0n) is 12.8. The molecule has 1 aromatic rings. The molecule has 21 heavy (non-hydrogen) atoms. The summed E-state index contributed by atoms with van der Waals surface area (Å²) in [5.74, 6) is -0.434. The van der Waals surface area contributed by atoms with E-state index in [1.807, 2.05) is 7.05 Å². The molecule has 2 N–H and O–H groups in total. The maximum Gasteiger partial charge on any atom is 0.305 e. The number of likely N-dealkylation sites (N-methyl/N-ethyl adjacent to an activating group) is 1. The number of anilines is 1. The lowest BCUT2D eigenvalue weighted by atomic mass is 10.1. The number of hydrogen-bond donors (Lipinski definition) is 2. The third-order valence-electron chi connectivity index (χ3n) is 3.36. The van der Waals surface area contributed by atoms with Crippen molar-refractivity contribution in [3.63, 3.8) is 0 Å². The molecule has 0 unspecified atom stereocenters. The number of benzene rings is 1. The summed E-state index contributed by atoms with van der Waals surface area (Å²) >= 11 is 0. The van der Waals surface area contributed by atoms with Crippen molar-refractivity contribution in [3.8, 4) is 0 Å². The van der Waals surface area contributed by atoms with Gasteiger partial charge in [0.1, 0.15) is 11.3 Å². The van der Waals surface area contributed by atoms with Gasteiger partial charge in [-0.15, -0.1) is 0 Å². The Bertz CT molecular complexity index is 517. The van der Waals surface area contributed by atoms with Crippen molar-refractivity contribution in [1.29, 1.82) is 0 Å². The number of nitro benzene ring substituents is 1. The van der Waals surface area contributed by atoms with E-state index in [0.29, 0.717) is 24.8 Å². The van der Waals surface area contributed by atoms with Gasteiger partial charge in [-0.2, -0.15) is 0 Å². The van der Waals surface area contributed by atoms with Gasteiger partial charge < -0.3 is 15.5 Å². The number of nitrogens with zero attached hydrogens (tertiary/aromatic N) is 2. The van der Waals surface area contributed by atoms with Gasteiger partial charge in [0.2, 0.25) is 0 Å². The van der Waals surface area contributed by atoms with Crippen molar-refractivity contribution in [1.82, 2.24) is 10.2 Å². The van der Waals surface area contributed by atoms with E-state index in [4.69, 9.17) is 0 Å². The Morgan fingerprint density at radius 2 is 2.10 bits per heavy atom. The van der Waals surface area contributed by atoms with E-state index >= 15 is 0 Å². The van der Waals surface area contributed by atoms with Crippen molar-refractivity contribution in [2.24, 2.45) is 0 Å². The molecule has 7 nitrogen and oxygen atoms in total. The number of nitrogens with one attached hydrogen (secondary N) is 2. The Labute approximate surface area is 124 Å². The largest absolute Gasteiger partial charge is 0.383 e. The number of hydrogen-bond acceptors (Lipinski definition) is 5. The molecular formula is C14H22N4O3. The first-order valence-corrected chi connectivity index (χ1v) is 6.82. The minimum absolute atomic E-state index is 0.0686. The standard InChI is InChI=1S/C14H22N4O3/c1-10(2)17(4)9-8-16-14(19)11-6-5-7-12(15-3)13(11)18(20)21/h5-7,10,15H,8-9H2,1-4H3,(H,16,19). The average molecular weight is 294 g/mol. The van der Waals surface area contributed by atoms with Crippen molar-refractivity contribution in [3.05, 3.63) is 33.9 Å². The predicted octanol–water partition coefficient (Wildman–Crippen LogP) is 1.71. The van der Waals surface area contributed by atoms with Crippen LogP contribution in [-0.2, 0) is 0 Å². The second-order valence-electron chi connectivity index (χ2n) is 5.04. The van der Waals surface area contributed by atoms with Gasteiger partial charge in [-0.25, -0.2) is 0 Å². The van der Waals surface area contributed by atoms with Crippen molar-refractivity contribution < 1.29 is 9.72 Å². The van der Waals surface area contributed by atoms with E-state index in [9.17, 15) is 14.9 Å². The zero-order chi connectivity index (χ0) is 16.0. The summed E-state index contributed by atoms with van der Waals surface area (Å²) in [7, 11) is 3.54. The minimum atomic E-state index is -0.541. The lowest BCUT2D eigenvalue weighted by Crippen LogP contribution is -2.36. The SMILES string of the molecule is CNc1cccc(C(=O)NCCN(C)C(C)C)c1[N+](=O)[O-]. The van der Waals surface area contributed by atoms with Gasteiger partial charge in [0.15, 0.2) is 0 Å². The zero-order valence-corrected chi connectivity index (χ0v) is 12.8. The van der Waals surface area contributed by atoms with E-state index in [0.717, 1.165) is 0 Å². The van der Waals surface area contributed by atoms with Crippen LogP contribution in [0.5, 0.6) is 0 Å². The maximum atomic E-state index is 12.1. The molecule has 1 rings (SSSR count). The molecule has 0 aliphatic heterocycles.